The van der Waals surface area contributed by atoms with Gasteiger partial charge in [-0.05, 0) is 39.5 Å². The van der Waals surface area contributed by atoms with Crippen LogP contribution in [-0.4, -0.2) is 46.9 Å². The van der Waals surface area contributed by atoms with E-state index in [0.717, 1.165) is 25.7 Å². The first-order chi connectivity index (χ1) is 14.3. The zero-order valence-corrected chi connectivity index (χ0v) is 17.8. The molecule has 7 nitrogen and oxygen atoms in total. The molecular formula is C21H29F2N3O4. The van der Waals surface area contributed by atoms with E-state index in [4.69, 9.17) is 14.2 Å². The molecule has 9 heteroatoms. The smallest absolute Gasteiger partial charge is 0.297 e. The highest BCUT2D eigenvalue weighted by atomic mass is 19.1. The summed E-state index contributed by atoms with van der Waals surface area (Å²) in [6, 6.07) is 1.43. The van der Waals surface area contributed by atoms with E-state index in [0.29, 0.717) is 12.1 Å². The van der Waals surface area contributed by atoms with Crippen LogP contribution in [0.5, 0.6) is 11.8 Å². The highest BCUT2D eigenvalue weighted by Gasteiger charge is 2.26. The van der Waals surface area contributed by atoms with E-state index in [9.17, 15) is 13.6 Å². The van der Waals surface area contributed by atoms with Crippen molar-refractivity contribution in [1.82, 2.24) is 14.9 Å². The van der Waals surface area contributed by atoms with Gasteiger partial charge >= 0.3 is 0 Å². The second kappa shape index (κ2) is 9.59. The van der Waals surface area contributed by atoms with Gasteiger partial charge in [0.2, 0.25) is 5.91 Å². The molecule has 1 aliphatic carbocycles. The molecule has 1 fully saturated rings. The molecule has 1 atom stereocenters. The normalized spacial score (nSPS) is 20.2. The fourth-order valence-corrected chi connectivity index (χ4v) is 3.73. The van der Waals surface area contributed by atoms with Crippen molar-refractivity contribution in [1.29, 1.82) is 0 Å². The topological polar surface area (TPSA) is 74.6 Å². The molecule has 1 N–H and O–H groups in total. The number of amides is 1. The van der Waals surface area contributed by atoms with Gasteiger partial charge in [0.05, 0.1) is 24.8 Å². The van der Waals surface area contributed by atoms with E-state index in [1.807, 2.05) is 6.92 Å². The van der Waals surface area contributed by atoms with Gasteiger partial charge in [0.15, 0.2) is 17.4 Å². The predicted octanol–water partition coefficient (Wildman–Crippen LogP) is 3.48. The maximum absolute atomic E-state index is 14.6. The molecular weight excluding hydrogens is 396 g/mol. The first-order valence-corrected chi connectivity index (χ1v) is 10.3. The van der Waals surface area contributed by atoms with Gasteiger partial charge in [0, 0.05) is 26.1 Å². The molecule has 3 rings (SSSR count). The summed E-state index contributed by atoms with van der Waals surface area (Å²) >= 11 is 0. The van der Waals surface area contributed by atoms with E-state index in [1.165, 1.54) is 13.0 Å². The summed E-state index contributed by atoms with van der Waals surface area (Å²) in [5.74, 6) is -2.07. The average Bonchev–Trinajstić information content (AvgIpc) is 3.00. The highest BCUT2D eigenvalue weighted by Crippen LogP contribution is 2.33. The maximum atomic E-state index is 14.6. The van der Waals surface area contributed by atoms with Gasteiger partial charge in [-0.2, -0.15) is 4.98 Å². The zero-order chi connectivity index (χ0) is 21.8. The highest BCUT2D eigenvalue weighted by molar-refractivity contribution is 5.79. The first kappa shape index (κ1) is 22.3. The van der Waals surface area contributed by atoms with Crippen molar-refractivity contribution in [3.05, 3.63) is 17.7 Å². The van der Waals surface area contributed by atoms with E-state index >= 15 is 0 Å². The van der Waals surface area contributed by atoms with Crippen molar-refractivity contribution in [2.24, 2.45) is 7.05 Å². The van der Waals surface area contributed by atoms with Gasteiger partial charge in [-0.15, -0.1) is 0 Å². The Kier molecular flexibility index (Phi) is 7.12. The van der Waals surface area contributed by atoms with Crippen LogP contribution in [-0.2, 0) is 16.6 Å². The van der Waals surface area contributed by atoms with Crippen LogP contribution in [0, 0.1) is 11.6 Å². The van der Waals surface area contributed by atoms with E-state index in [1.54, 1.807) is 18.5 Å². The molecule has 1 amide bonds. The fraction of sp³-hybridized carbons (Fsp3) is 0.619. The summed E-state index contributed by atoms with van der Waals surface area (Å²) in [4.78, 5) is 15.3. The Morgan fingerprint density at radius 1 is 1.30 bits per heavy atom. The third kappa shape index (κ3) is 5.00. The molecule has 30 heavy (non-hydrogen) atoms. The Balaban J connectivity index is 1.60. The van der Waals surface area contributed by atoms with Gasteiger partial charge in [0.1, 0.15) is 11.6 Å². The van der Waals surface area contributed by atoms with E-state index in [-0.39, 0.29) is 42.3 Å². The summed E-state index contributed by atoms with van der Waals surface area (Å²) in [5, 5.41) is 2.80. The van der Waals surface area contributed by atoms with E-state index < -0.39 is 17.4 Å². The first-order valence-electron chi connectivity index (χ1n) is 10.3. The predicted molar refractivity (Wildman–Crippen MR) is 108 cm³/mol. The number of imidazole rings is 1. The Morgan fingerprint density at radius 2 is 1.97 bits per heavy atom. The number of aryl methyl sites for hydroxylation is 1. The molecule has 0 unspecified atom stereocenters. The lowest BCUT2D eigenvalue weighted by atomic mass is 9.95. The molecule has 0 radical (unpaired) electrons. The van der Waals surface area contributed by atoms with Gasteiger partial charge in [-0.3, -0.25) is 9.36 Å². The molecule has 1 aromatic carbocycles. The number of aromatic nitrogens is 2. The van der Waals surface area contributed by atoms with Crippen molar-refractivity contribution in [2.75, 3.05) is 13.2 Å². The lowest BCUT2D eigenvalue weighted by Gasteiger charge is -2.29. The summed E-state index contributed by atoms with van der Waals surface area (Å²) in [6.45, 7) is 5.67. The molecule has 0 saturated heterocycles. The quantitative estimate of drug-likeness (QED) is 0.701. The minimum absolute atomic E-state index is 0.0290. The van der Waals surface area contributed by atoms with Crippen LogP contribution in [0.25, 0.3) is 11.0 Å². The number of fused-ring (bicyclic) bond motifs is 1. The number of halogens is 2. The van der Waals surface area contributed by atoms with Crippen LogP contribution in [0.4, 0.5) is 8.78 Å². The van der Waals surface area contributed by atoms with Crippen LogP contribution in [0.2, 0.25) is 0 Å². The van der Waals surface area contributed by atoms with Crippen molar-refractivity contribution in [3.8, 4) is 11.8 Å². The Morgan fingerprint density at radius 3 is 2.60 bits per heavy atom. The van der Waals surface area contributed by atoms with Gasteiger partial charge in [-0.1, -0.05) is 0 Å². The van der Waals surface area contributed by atoms with Crippen LogP contribution in [0.15, 0.2) is 6.07 Å². The van der Waals surface area contributed by atoms with Crippen LogP contribution in [0.3, 0.4) is 0 Å². The molecule has 2 aromatic rings. The lowest BCUT2D eigenvalue weighted by molar-refractivity contribution is -0.120. The third-order valence-corrected chi connectivity index (χ3v) is 5.20. The van der Waals surface area contributed by atoms with Gasteiger partial charge in [0.25, 0.3) is 6.01 Å². The number of rotatable bonds is 8. The van der Waals surface area contributed by atoms with Gasteiger partial charge in [-0.25, -0.2) is 8.78 Å². The number of nitrogens with zero attached hydrogens (tertiary/aromatic N) is 2. The third-order valence-electron chi connectivity index (χ3n) is 5.20. The molecule has 0 spiro atoms. The summed E-state index contributed by atoms with van der Waals surface area (Å²) < 4.78 is 47.3. The second-order valence-corrected chi connectivity index (χ2v) is 7.71. The SMILES string of the molecule is CCOc1c(F)cc2c(nc(OC3CCC(OC[C@H](C)NC(C)=O)CC3)n2C)c1F. The minimum Gasteiger partial charge on any atom is -0.488 e. The van der Waals surface area contributed by atoms with Crippen molar-refractivity contribution < 1.29 is 27.8 Å². The van der Waals surface area contributed by atoms with Crippen LogP contribution >= 0.6 is 0 Å². The number of nitrogens with one attached hydrogen (secondary N) is 1. The largest absolute Gasteiger partial charge is 0.488 e. The number of benzene rings is 1. The zero-order valence-electron chi connectivity index (χ0n) is 17.8. The lowest BCUT2D eigenvalue weighted by Crippen LogP contribution is -2.37. The molecule has 1 aliphatic rings. The molecule has 0 bridgehead atoms. The number of carbonyl (C=O) groups is 1. The molecule has 1 heterocycles. The summed E-state index contributed by atoms with van der Waals surface area (Å²) in [5.41, 5.74) is 0.341. The second-order valence-electron chi connectivity index (χ2n) is 7.71. The standard InChI is InChI=1S/C21H29F2N3O4/c1-5-28-20-16(22)10-17-19(18(20)23)25-21(26(17)4)30-15-8-6-14(7-9-15)29-11-12(2)24-13(3)27/h10,12,14-15H,5-9,11H2,1-4H3,(H,24,27)/t12-,14?,15?/m0/s1. The van der Waals surface area contributed by atoms with Gasteiger partial charge < -0.3 is 19.5 Å². The van der Waals surface area contributed by atoms with Crippen LogP contribution in [0.1, 0.15) is 46.5 Å². The summed E-state index contributed by atoms with van der Waals surface area (Å²) in [7, 11) is 1.67. The Labute approximate surface area is 174 Å². The average molecular weight is 425 g/mol. The fourth-order valence-electron chi connectivity index (χ4n) is 3.73. The van der Waals surface area contributed by atoms with Crippen molar-refractivity contribution in [3.63, 3.8) is 0 Å². The van der Waals surface area contributed by atoms with Crippen molar-refractivity contribution in [2.45, 2.75) is 64.7 Å². The molecule has 1 saturated carbocycles. The number of hydrogen-bond donors (Lipinski definition) is 1. The number of ether oxygens (including phenoxy) is 3. The Bertz CT molecular complexity index is 894. The van der Waals surface area contributed by atoms with Crippen LogP contribution < -0.4 is 14.8 Å². The van der Waals surface area contributed by atoms with Crippen molar-refractivity contribution >= 4 is 16.9 Å². The summed E-state index contributed by atoms with van der Waals surface area (Å²) in [6.07, 6.45) is 3.21. The minimum atomic E-state index is -0.817. The monoisotopic (exact) mass is 425 g/mol. The Hall–Kier alpha value is -2.42. The number of carbonyl (C=O) groups excluding carboxylic acids is 1. The molecule has 166 valence electrons. The molecule has 0 aliphatic heterocycles. The maximum Gasteiger partial charge on any atom is 0.297 e. The molecule has 1 aromatic heterocycles. The van der Waals surface area contributed by atoms with E-state index in [2.05, 4.69) is 10.3 Å². The number of hydrogen-bond acceptors (Lipinski definition) is 5.